The lowest BCUT2D eigenvalue weighted by molar-refractivity contribution is -0.182. The van der Waals surface area contributed by atoms with Gasteiger partial charge in [-0.05, 0) is 48.5 Å². The fraction of sp³-hybridized carbons (Fsp3) is 0.733. The molecule has 0 atom stereocenters. The monoisotopic (exact) mass is 315 g/mol. The molecule has 0 unspecified atom stereocenters. The summed E-state index contributed by atoms with van der Waals surface area (Å²) in [5.74, 6) is -2.98. The Balaban J connectivity index is 4.64. The van der Waals surface area contributed by atoms with Crippen molar-refractivity contribution < 1.29 is 28.6 Å². The van der Waals surface area contributed by atoms with Crippen LogP contribution >= 0.6 is 0 Å². The molecule has 7 nitrogen and oxygen atoms in total. The molecule has 0 bridgehead atoms. The summed E-state index contributed by atoms with van der Waals surface area (Å²) in [7, 11) is 0. The zero-order valence-corrected chi connectivity index (χ0v) is 14.2. The Bertz CT molecular complexity index is 459. The van der Waals surface area contributed by atoms with Crippen LogP contribution in [0, 0.1) is 5.41 Å². The number of hydrogen-bond acceptors (Lipinski definition) is 7. The van der Waals surface area contributed by atoms with Gasteiger partial charge in [-0.2, -0.15) is 0 Å². The van der Waals surface area contributed by atoms with Gasteiger partial charge >= 0.3 is 17.9 Å². The third-order valence-corrected chi connectivity index (χ3v) is 2.23. The van der Waals surface area contributed by atoms with Crippen molar-refractivity contribution in [3.05, 3.63) is 0 Å². The maximum Gasteiger partial charge on any atom is 0.418 e. The Morgan fingerprint density at radius 2 is 1.32 bits per heavy atom. The van der Waals surface area contributed by atoms with Crippen LogP contribution in [-0.4, -0.2) is 40.9 Å². The van der Waals surface area contributed by atoms with Crippen LogP contribution < -0.4 is 0 Å². The summed E-state index contributed by atoms with van der Waals surface area (Å²) in [5.41, 5.74) is -3.07. The third kappa shape index (κ3) is 8.39. The zero-order chi connectivity index (χ0) is 17.8. The molecule has 0 saturated carbocycles. The van der Waals surface area contributed by atoms with E-state index in [9.17, 15) is 14.4 Å². The van der Waals surface area contributed by atoms with E-state index in [1.54, 1.807) is 20.8 Å². The predicted octanol–water partition coefficient (Wildman–Crippen LogP) is 2.01. The number of hydrogen-bond donors (Lipinski definition) is 1. The molecular weight excluding hydrogens is 290 g/mol. The summed E-state index contributed by atoms with van der Waals surface area (Å²) in [5, 5.41) is 7.08. The van der Waals surface area contributed by atoms with Crippen LogP contribution in [0.1, 0.15) is 54.9 Å². The Labute approximate surface area is 130 Å². The molecule has 126 valence electrons. The maximum atomic E-state index is 11.7. The molecule has 0 aromatic carbocycles. The lowest BCUT2D eigenvalue weighted by atomic mass is 10.1. The highest BCUT2D eigenvalue weighted by Gasteiger charge is 2.34. The fourth-order valence-corrected chi connectivity index (χ4v) is 1.36. The van der Waals surface area contributed by atoms with Gasteiger partial charge in [0, 0.05) is 6.21 Å². The number of carbonyl (C=O) groups excluding carboxylic acids is 3. The van der Waals surface area contributed by atoms with Gasteiger partial charge in [0.2, 0.25) is 0 Å². The van der Waals surface area contributed by atoms with Crippen LogP contribution in [-0.2, 0) is 28.6 Å². The normalized spacial score (nSPS) is 12.3. The first kappa shape index (κ1) is 20.1. The minimum absolute atomic E-state index is 0.197. The molecule has 0 heterocycles. The molecule has 7 heteroatoms. The maximum absolute atomic E-state index is 11.7. The summed E-state index contributed by atoms with van der Waals surface area (Å²) in [4.78, 5) is 35.0. The number of esters is 3. The molecule has 0 aliphatic carbocycles. The standard InChI is InChI=1S/C15H25NO6/c1-13(2,3)20-10(17)8-14(4,5)21-11(18)12(19)22-15(6,7)9-16/h9,16H,8H2,1-7H3. The highest BCUT2D eigenvalue weighted by molar-refractivity contribution is 6.30. The highest BCUT2D eigenvalue weighted by Crippen LogP contribution is 2.19. The second-order valence-electron chi connectivity index (χ2n) is 7.05. The quantitative estimate of drug-likeness (QED) is 0.360. The van der Waals surface area contributed by atoms with Crippen LogP contribution in [0.4, 0.5) is 0 Å². The fourth-order valence-electron chi connectivity index (χ4n) is 1.36. The Kier molecular flexibility index (Phi) is 6.29. The Morgan fingerprint density at radius 3 is 1.73 bits per heavy atom. The number of carbonyl (C=O) groups is 3. The van der Waals surface area contributed by atoms with Gasteiger partial charge in [0.1, 0.15) is 16.8 Å². The molecule has 0 rings (SSSR count). The van der Waals surface area contributed by atoms with E-state index in [1.807, 2.05) is 0 Å². The van der Waals surface area contributed by atoms with Gasteiger partial charge in [0.25, 0.3) is 0 Å². The average molecular weight is 315 g/mol. The second kappa shape index (κ2) is 6.89. The average Bonchev–Trinajstić information content (AvgIpc) is 2.23. The smallest absolute Gasteiger partial charge is 0.418 e. The molecule has 0 radical (unpaired) electrons. The largest absolute Gasteiger partial charge is 0.460 e. The van der Waals surface area contributed by atoms with Crippen LogP contribution in [0.2, 0.25) is 0 Å². The third-order valence-electron chi connectivity index (χ3n) is 2.23. The van der Waals surface area contributed by atoms with Gasteiger partial charge in [0.15, 0.2) is 0 Å². The van der Waals surface area contributed by atoms with E-state index in [0.717, 1.165) is 6.21 Å². The summed E-state index contributed by atoms with van der Waals surface area (Å²) in [6.45, 7) is 11.1. The lowest BCUT2D eigenvalue weighted by Crippen LogP contribution is -2.39. The van der Waals surface area contributed by atoms with Gasteiger partial charge in [-0.15, -0.1) is 0 Å². The van der Waals surface area contributed by atoms with E-state index in [0.29, 0.717) is 0 Å². The summed E-state index contributed by atoms with van der Waals surface area (Å²) < 4.78 is 14.9. The Hall–Kier alpha value is -1.92. The van der Waals surface area contributed by atoms with Gasteiger partial charge in [0.05, 0.1) is 6.42 Å². The molecule has 0 fully saturated rings. The van der Waals surface area contributed by atoms with Crippen LogP contribution in [0.25, 0.3) is 0 Å². The van der Waals surface area contributed by atoms with E-state index in [4.69, 9.17) is 19.6 Å². The molecule has 0 amide bonds. The minimum atomic E-state index is -1.22. The van der Waals surface area contributed by atoms with E-state index in [2.05, 4.69) is 0 Å². The minimum Gasteiger partial charge on any atom is -0.460 e. The molecule has 0 aliphatic rings. The van der Waals surface area contributed by atoms with Crippen molar-refractivity contribution in [1.82, 2.24) is 0 Å². The first-order valence-corrected chi connectivity index (χ1v) is 6.87. The molecule has 22 heavy (non-hydrogen) atoms. The van der Waals surface area contributed by atoms with Gasteiger partial charge in [-0.1, -0.05) is 0 Å². The molecular formula is C15H25NO6. The molecule has 0 aromatic heterocycles. The van der Waals surface area contributed by atoms with Crippen LogP contribution in [0.3, 0.4) is 0 Å². The first-order chi connectivity index (χ1) is 9.67. The zero-order valence-electron chi connectivity index (χ0n) is 14.2. The van der Waals surface area contributed by atoms with Crippen molar-refractivity contribution in [3.8, 4) is 0 Å². The number of nitrogens with one attached hydrogen (secondary N) is 1. The topological polar surface area (TPSA) is 103 Å². The second-order valence-corrected chi connectivity index (χ2v) is 7.05. The van der Waals surface area contributed by atoms with Crippen molar-refractivity contribution in [2.45, 2.75) is 71.7 Å². The van der Waals surface area contributed by atoms with Crippen molar-refractivity contribution in [2.75, 3.05) is 0 Å². The summed E-state index contributed by atoms with van der Waals surface area (Å²) in [6, 6.07) is 0. The van der Waals surface area contributed by atoms with Crippen molar-refractivity contribution in [3.63, 3.8) is 0 Å². The summed E-state index contributed by atoms with van der Waals surface area (Å²) in [6.07, 6.45) is 0.696. The molecule has 0 aliphatic heterocycles. The first-order valence-electron chi connectivity index (χ1n) is 6.87. The van der Waals surface area contributed by atoms with Gasteiger partial charge < -0.3 is 19.6 Å². The van der Waals surface area contributed by atoms with E-state index in [1.165, 1.54) is 27.7 Å². The van der Waals surface area contributed by atoms with Crippen LogP contribution in [0.15, 0.2) is 0 Å². The summed E-state index contributed by atoms with van der Waals surface area (Å²) >= 11 is 0. The van der Waals surface area contributed by atoms with Gasteiger partial charge in [-0.3, -0.25) is 4.79 Å². The SMILES string of the molecule is CC(C)(C)OC(=O)CC(C)(C)OC(=O)C(=O)OC(C)(C)C=N. The predicted molar refractivity (Wildman–Crippen MR) is 79.6 cm³/mol. The van der Waals surface area contributed by atoms with Crippen molar-refractivity contribution in [1.29, 1.82) is 5.41 Å². The molecule has 1 N–H and O–H groups in total. The lowest BCUT2D eigenvalue weighted by Gasteiger charge is -2.27. The molecule has 0 aromatic rings. The number of rotatable bonds is 5. The van der Waals surface area contributed by atoms with E-state index in [-0.39, 0.29) is 6.42 Å². The highest BCUT2D eigenvalue weighted by atomic mass is 16.6. The molecule has 0 saturated heterocycles. The van der Waals surface area contributed by atoms with Gasteiger partial charge in [-0.25, -0.2) is 9.59 Å². The Morgan fingerprint density at radius 1 is 0.864 bits per heavy atom. The van der Waals surface area contributed by atoms with Crippen molar-refractivity contribution in [2.24, 2.45) is 0 Å². The number of ether oxygens (including phenoxy) is 3. The molecule has 0 spiro atoms. The van der Waals surface area contributed by atoms with E-state index >= 15 is 0 Å². The van der Waals surface area contributed by atoms with Crippen molar-refractivity contribution >= 4 is 24.1 Å². The van der Waals surface area contributed by atoms with Crippen LogP contribution in [0.5, 0.6) is 0 Å². The van der Waals surface area contributed by atoms with E-state index < -0.39 is 34.7 Å².